The van der Waals surface area contributed by atoms with Crippen molar-refractivity contribution in [3.05, 3.63) is 27.6 Å². The van der Waals surface area contributed by atoms with E-state index in [1.165, 1.54) is 11.3 Å². The number of rotatable bonds is 4. The second-order valence-corrected chi connectivity index (χ2v) is 5.00. The van der Waals surface area contributed by atoms with Crippen molar-refractivity contribution in [2.75, 3.05) is 7.05 Å². The Bertz CT molecular complexity index is 630. The Hall–Kier alpha value is -1.69. The van der Waals surface area contributed by atoms with Crippen molar-refractivity contribution in [3.8, 4) is 0 Å². The minimum atomic E-state index is -0.0185. The van der Waals surface area contributed by atoms with Crippen LogP contribution in [0.15, 0.2) is 16.5 Å². The van der Waals surface area contributed by atoms with Gasteiger partial charge in [0.15, 0.2) is 0 Å². The van der Waals surface area contributed by atoms with Crippen molar-refractivity contribution in [2.24, 2.45) is 0 Å². The van der Waals surface area contributed by atoms with Crippen molar-refractivity contribution in [3.63, 3.8) is 0 Å². The van der Waals surface area contributed by atoms with E-state index in [-0.39, 0.29) is 11.5 Å². The monoisotopic (exact) mass is 265 g/mol. The summed E-state index contributed by atoms with van der Waals surface area (Å²) in [4.78, 5) is 27.5. The third-order valence-corrected chi connectivity index (χ3v) is 3.88. The van der Waals surface area contributed by atoms with Gasteiger partial charge >= 0.3 is 0 Å². The average Bonchev–Trinajstić information content (AvgIpc) is 2.74. The number of hydrogen-bond donors (Lipinski definition) is 1. The standard InChI is InChI=1S/C12H15N3O2S/c1-8-6-18-11-10(8)14-7-15(12(11)17)5-3-4-9(16)13-2/h6-7H,3-5H2,1-2H3,(H,13,16). The van der Waals surface area contributed by atoms with Crippen LogP contribution >= 0.6 is 11.3 Å². The lowest BCUT2D eigenvalue weighted by molar-refractivity contribution is -0.120. The van der Waals surface area contributed by atoms with Gasteiger partial charge in [-0.25, -0.2) is 4.98 Å². The molecule has 2 heterocycles. The quantitative estimate of drug-likeness (QED) is 0.906. The predicted octanol–water partition coefficient (Wildman–Crippen LogP) is 1.29. The third-order valence-electron chi connectivity index (χ3n) is 2.81. The maximum absolute atomic E-state index is 12.1. The van der Waals surface area contributed by atoms with E-state index in [9.17, 15) is 9.59 Å². The van der Waals surface area contributed by atoms with Crippen molar-refractivity contribution in [2.45, 2.75) is 26.3 Å². The Morgan fingerprint density at radius 2 is 2.33 bits per heavy atom. The molecule has 2 rings (SSSR count). The molecule has 0 saturated heterocycles. The first-order chi connectivity index (χ1) is 8.63. The van der Waals surface area contributed by atoms with Crippen molar-refractivity contribution in [1.82, 2.24) is 14.9 Å². The molecule has 0 bridgehead atoms. The largest absolute Gasteiger partial charge is 0.359 e. The molecule has 1 N–H and O–H groups in total. The van der Waals surface area contributed by atoms with E-state index in [2.05, 4.69) is 10.3 Å². The zero-order valence-corrected chi connectivity index (χ0v) is 11.2. The highest BCUT2D eigenvalue weighted by atomic mass is 32.1. The fourth-order valence-electron chi connectivity index (χ4n) is 1.75. The first-order valence-corrected chi connectivity index (χ1v) is 6.65. The number of carbonyl (C=O) groups is 1. The lowest BCUT2D eigenvalue weighted by Crippen LogP contribution is -2.22. The molecule has 0 radical (unpaired) electrons. The maximum Gasteiger partial charge on any atom is 0.271 e. The predicted molar refractivity (Wildman–Crippen MR) is 71.9 cm³/mol. The molecule has 0 aliphatic rings. The van der Waals surface area contributed by atoms with Crippen LogP contribution in [0.2, 0.25) is 0 Å². The van der Waals surface area contributed by atoms with Gasteiger partial charge in [-0.05, 0) is 24.3 Å². The summed E-state index contributed by atoms with van der Waals surface area (Å²) in [6.07, 6.45) is 2.62. The van der Waals surface area contributed by atoms with E-state index < -0.39 is 0 Å². The van der Waals surface area contributed by atoms with Crippen molar-refractivity contribution in [1.29, 1.82) is 0 Å². The molecule has 0 atom stereocenters. The van der Waals surface area contributed by atoms with Gasteiger partial charge < -0.3 is 5.32 Å². The summed E-state index contributed by atoms with van der Waals surface area (Å²) in [6, 6.07) is 0. The van der Waals surface area contributed by atoms with Gasteiger partial charge in [-0.1, -0.05) is 0 Å². The Morgan fingerprint density at radius 1 is 1.56 bits per heavy atom. The third kappa shape index (κ3) is 2.43. The molecule has 0 unspecified atom stereocenters. The number of amides is 1. The molecular weight excluding hydrogens is 250 g/mol. The van der Waals surface area contributed by atoms with Gasteiger partial charge in [0, 0.05) is 20.0 Å². The van der Waals surface area contributed by atoms with Crippen LogP contribution in [-0.4, -0.2) is 22.5 Å². The average molecular weight is 265 g/mol. The molecule has 2 aromatic heterocycles. The number of thiophene rings is 1. The number of nitrogens with zero attached hydrogens (tertiary/aromatic N) is 2. The first-order valence-electron chi connectivity index (χ1n) is 5.77. The van der Waals surface area contributed by atoms with Gasteiger partial charge in [0.2, 0.25) is 5.91 Å². The normalized spacial score (nSPS) is 10.8. The summed E-state index contributed by atoms with van der Waals surface area (Å²) >= 11 is 1.42. The Labute approximate surface area is 108 Å². The highest BCUT2D eigenvalue weighted by molar-refractivity contribution is 7.17. The Balaban J connectivity index is 2.17. The summed E-state index contributed by atoms with van der Waals surface area (Å²) in [5.74, 6) is -0.0101. The second kappa shape index (κ2) is 5.30. The summed E-state index contributed by atoms with van der Waals surface area (Å²) in [6.45, 7) is 2.47. The van der Waals surface area contributed by atoms with Crippen LogP contribution in [0, 0.1) is 6.92 Å². The molecule has 0 saturated carbocycles. The molecule has 1 amide bonds. The summed E-state index contributed by atoms with van der Waals surface area (Å²) in [7, 11) is 1.61. The summed E-state index contributed by atoms with van der Waals surface area (Å²) < 4.78 is 2.26. The van der Waals surface area contributed by atoms with E-state index in [1.807, 2.05) is 12.3 Å². The smallest absolute Gasteiger partial charge is 0.271 e. The summed E-state index contributed by atoms with van der Waals surface area (Å²) in [5, 5.41) is 4.50. The van der Waals surface area contributed by atoms with Gasteiger partial charge in [-0.3, -0.25) is 14.2 Å². The molecule has 18 heavy (non-hydrogen) atoms. The van der Waals surface area contributed by atoms with E-state index in [0.717, 1.165) is 11.1 Å². The molecule has 2 aromatic rings. The maximum atomic E-state index is 12.1. The number of aryl methyl sites for hydroxylation is 2. The van der Waals surface area contributed by atoms with Crippen LogP contribution < -0.4 is 10.9 Å². The van der Waals surface area contributed by atoms with Gasteiger partial charge in [0.25, 0.3) is 5.56 Å². The lowest BCUT2D eigenvalue weighted by atomic mass is 10.3. The first kappa shape index (κ1) is 12.8. The number of hydrogen-bond acceptors (Lipinski definition) is 4. The fraction of sp³-hybridized carbons (Fsp3) is 0.417. The second-order valence-electron chi connectivity index (χ2n) is 4.12. The number of carbonyl (C=O) groups excluding carboxylic acids is 1. The van der Waals surface area contributed by atoms with Crippen molar-refractivity contribution < 1.29 is 4.79 Å². The number of aromatic nitrogens is 2. The molecule has 0 aliphatic carbocycles. The minimum absolute atomic E-state index is 0.0101. The van der Waals surface area contributed by atoms with Crippen LogP contribution in [0.4, 0.5) is 0 Å². The molecule has 0 aromatic carbocycles. The van der Waals surface area contributed by atoms with Gasteiger partial charge in [-0.15, -0.1) is 11.3 Å². The summed E-state index contributed by atoms with van der Waals surface area (Å²) in [5.41, 5.74) is 1.80. The molecule has 0 aliphatic heterocycles. The lowest BCUT2D eigenvalue weighted by Gasteiger charge is -2.04. The highest BCUT2D eigenvalue weighted by Crippen LogP contribution is 2.19. The highest BCUT2D eigenvalue weighted by Gasteiger charge is 2.08. The van der Waals surface area contributed by atoms with E-state index >= 15 is 0 Å². The number of nitrogens with one attached hydrogen (secondary N) is 1. The zero-order chi connectivity index (χ0) is 13.1. The molecule has 0 spiro atoms. The van der Waals surface area contributed by atoms with E-state index in [1.54, 1.807) is 17.9 Å². The van der Waals surface area contributed by atoms with Gasteiger partial charge in [0.05, 0.1) is 11.8 Å². The molecule has 5 nitrogen and oxygen atoms in total. The van der Waals surface area contributed by atoms with Crippen molar-refractivity contribution >= 4 is 27.5 Å². The number of fused-ring (bicyclic) bond motifs is 1. The van der Waals surface area contributed by atoms with Gasteiger partial charge in [-0.2, -0.15) is 0 Å². The van der Waals surface area contributed by atoms with Crippen LogP contribution in [0.5, 0.6) is 0 Å². The SMILES string of the molecule is CNC(=O)CCCn1cnc2c(C)csc2c1=O. The minimum Gasteiger partial charge on any atom is -0.359 e. The van der Waals surface area contributed by atoms with Crippen LogP contribution in [0.3, 0.4) is 0 Å². The fourth-order valence-corrected chi connectivity index (χ4v) is 2.70. The Kier molecular flexibility index (Phi) is 3.76. The van der Waals surface area contributed by atoms with E-state index in [0.29, 0.717) is 24.1 Å². The van der Waals surface area contributed by atoms with E-state index in [4.69, 9.17) is 0 Å². The molecular formula is C12H15N3O2S. The Morgan fingerprint density at radius 3 is 3.06 bits per heavy atom. The zero-order valence-electron chi connectivity index (χ0n) is 10.4. The van der Waals surface area contributed by atoms with Gasteiger partial charge in [0.1, 0.15) is 4.70 Å². The molecule has 0 fully saturated rings. The molecule has 6 heteroatoms. The topological polar surface area (TPSA) is 64.0 Å². The molecule has 96 valence electrons. The van der Waals surface area contributed by atoms with Crippen LogP contribution in [-0.2, 0) is 11.3 Å². The van der Waals surface area contributed by atoms with Crippen LogP contribution in [0.1, 0.15) is 18.4 Å². The van der Waals surface area contributed by atoms with Crippen LogP contribution in [0.25, 0.3) is 10.2 Å².